The molecule has 2 N–H and O–H groups in total. The Kier molecular flexibility index (Phi) is 6.18. The predicted molar refractivity (Wildman–Crippen MR) is 77.0 cm³/mol. The highest BCUT2D eigenvalue weighted by atomic mass is 35.5. The Hall–Kier alpha value is -1.20. The third kappa shape index (κ3) is 5.12. The summed E-state index contributed by atoms with van der Waals surface area (Å²) in [7, 11) is 0. The number of carbonyl (C=O) groups is 2. The number of carboxylic acids is 1. The summed E-state index contributed by atoms with van der Waals surface area (Å²) < 4.78 is 0. The van der Waals surface area contributed by atoms with Gasteiger partial charge in [0.15, 0.2) is 0 Å². The van der Waals surface area contributed by atoms with E-state index < -0.39 is 12.0 Å². The van der Waals surface area contributed by atoms with E-state index in [4.69, 9.17) is 16.7 Å². The van der Waals surface area contributed by atoms with Crippen LogP contribution in [0.5, 0.6) is 0 Å². The lowest BCUT2D eigenvalue weighted by atomic mass is 10.1. The molecule has 1 rings (SSSR count). The van der Waals surface area contributed by atoms with Crippen LogP contribution in [0.25, 0.3) is 0 Å². The van der Waals surface area contributed by atoms with Gasteiger partial charge in [-0.05, 0) is 30.9 Å². The lowest BCUT2D eigenvalue weighted by Crippen LogP contribution is -2.34. The summed E-state index contributed by atoms with van der Waals surface area (Å²) in [5, 5.41) is 11.8. The van der Waals surface area contributed by atoms with Crippen molar-refractivity contribution in [2.24, 2.45) is 0 Å². The normalized spacial score (nSPS) is 11.9. The van der Waals surface area contributed by atoms with Gasteiger partial charge in [-0.25, -0.2) is 0 Å². The van der Waals surface area contributed by atoms with Crippen molar-refractivity contribution < 1.29 is 14.7 Å². The maximum atomic E-state index is 12.1. The first kappa shape index (κ1) is 15.9. The molecule has 1 aromatic carbocycles. The average Bonchev–Trinajstić information content (AvgIpc) is 2.30. The SMILES string of the molecule is CCSc1ccc(Cl)cc1C(=O)NC(C)CC(=O)O. The number of aliphatic carboxylic acids is 1. The Balaban J connectivity index is 2.85. The molecule has 104 valence electrons. The molecular formula is C13H16ClNO3S. The topological polar surface area (TPSA) is 66.4 Å². The van der Waals surface area contributed by atoms with E-state index in [0.717, 1.165) is 10.6 Å². The van der Waals surface area contributed by atoms with Gasteiger partial charge in [0, 0.05) is 16.0 Å². The fourth-order valence-electron chi connectivity index (χ4n) is 1.58. The number of amides is 1. The van der Waals surface area contributed by atoms with Crippen LogP contribution in [0.2, 0.25) is 5.02 Å². The van der Waals surface area contributed by atoms with Crippen LogP contribution in [0.4, 0.5) is 0 Å². The van der Waals surface area contributed by atoms with Crippen molar-refractivity contribution in [2.75, 3.05) is 5.75 Å². The van der Waals surface area contributed by atoms with Crippen LogP contribution in [0.15, 0.2) is 23.1 Å². The first-order valence-corrected chi connectivity index (χ1v) is 7.25. The van der Waals surface area contributed by atoms with Gasteiger partial charge < -0.3 is 10.4 Å². The predicted octanol–water partition coefficient (Wildman–Crippen LogP) is 3.05. The largest absolute Gasteiger partial charge is 0.481 e. The van der Waals surface area contributed by atoms with Crippen LogP contribution >= 0.6 is 23.4 Å². The molecule has 1 unspecified atom stereocenters. The maximum absolute atomic E-state index is 12.1. The Morgan fingerprint density at radius 2 is 2.16 bits per heavy atom. The van der Waals surface area contributed by atoms with E-state index in [1.54, 1.807) is 36.9 Å². The monoisotopic (exact) mass is 301 g/mol. The van der Waals surface area contributed by atoms with Gasteiger partial charge in [-0.3, -0.25) is 9.59 Å². The summed E-state index contributed by atoms with van der Waals surface area (Å²) in [6, 6.07) is 4.70. The molecule has 0 saturated heterocycles. The van der Waals surface area contributed by atoms with Gasteiger partial charge in [-0.2, -0.15) is 0 Å². The Labute approximate surface area is 121 Å². The van der Waals surface area contributed by atoms with E-state index in [-0.39, 0.29) is 12.3 Å². The van der Waals surface area contributed by atoms with E-state index in [1.165, 1.54) is 0 Å². The third-order valence-electron chi connectivity index (χ3n) is 2.34. The first-order chi connectivity index (χ1) is 8.93. The van der Waals surface area contributed by atoms with E-state index in [9.17, 15) is 9.59 Å². The van der Waals surface area contributed by atoms with Crippen LogP contribution < -0.4 is 5.32 Å². The van der Waals surface area contributed by atoms with Gasteiger partial charge in [-0.1, -0.05) is 18.5 Å². The van der Waals surface area contributed by atoms with E-state index in [1.807, 2.05) is 6.92 Å². The highest BCUT2D eigenvalue weighted by molar-refractivity contribution is 7.99. The van der Waals surface area contributed by atoms with Crippen molar-refractivity contribution in [1.29, 1.82) is 0 Å². The average molecular weight is 302 g/mol. The van der Waals surface area contributed by atoms with Gasteiger partial charge in [-0.15, -0.1) is 11.8 Å². The second kappa shape index (κ2) is 7.40. The lowest BCUT2D eigenvalue weighted by Gasteiger charge is -2.14. The molecule has 1 atom stereocenters. The zero-order valence-electron chi connectivity index (χ0n) is 10.8. The lowest BCUT2D eigenvalue weighted by molar-refractivity contribution is -0.137. The molecule has 0 aliphatic heterocycles. The van der Waals surface area contributed by atoms with Crippen molar-refractivity contribution in [2.45, 2.75) is 31.2 Å². The molecule has 0 aliphatic rings. The van der Waals surface area contributed by atoms with Crippen LogP contribution in [0.3, 0.4) is 0 Å². The number of halogens is 1. The fourth-order valence-corrected chi connectivity index (χ4v) is 2.53. The molecule has 0 fully saturated rings. The van der Waals surface area contributed by atoms with E-state index in [0.29, 0.717) is 10.6 Å². The summed E-state index contributed by atoms with van der Waals surface area (Å²) in [6.45, 7) is 3.65. The minimum Gasteiger partial charge on any atom is -0.481 e. The fraction of sp³-hybridized carbons (Fsp3) is 0.385. The number of nitrogens with one attached hydrogen (secondary N) is 1. The van der Waals surface area contributed by atoms with Crippen molar-refractivity contribution in [1.82, 2.24) is 5.32 Å². The van der Waals surface area contributed by atoms with Gasteiger partial charge >= 0.3 is 5.97 Å². The number of carboxylic acid groups (broad SMARTS) is 1. The van der Waals surface area contributed by atoms with Crippen molar-refractivity contribution >= 4 is 35.2 Å². The molecule has 4 nitrogen and oxygen atoms in total. The van der Waals surface area contributed by atoms with Gasteiger partial charge in [0.2, 0.25) is 0 Å². The van der Waals surface area contributed by atoms with Crippen LogP contribution in [0.1, 0.15) is 30.6 Å². The van der Waals surface area contributed by atoms with Crippen LogP contribution in [-0.2, 0) is 4.79 Å². The van der Waals surface area contributed by atoms with Crippen molar-refractivity contribution in [3.05, 3.63) is 28.8 Å². The second-order valence-corrected chi connectivity index (χ2v) is 5.79. The Morgan fingerprint density at radius 3 is 2.74 bits per heavy atom. The Bertz CT molecular complexity index is 479. The molecule has 19 heavy (non-hydrogen) atoms. The molecule has 0 aliphatic carbocycles. The molecule has 0 saturated carbocycles. The number of carbonyl (C=O) groups excluding carboxylic acids is 1. The number of benzene rings is 1. The van der Waals surface area contributed by atoms with E-state index in [2.05, 4.69) is 5.32 Å². The molecule has 1 aromatic rings. The number of thioether (sulfide) groups is 1. The zero-order chi connectivity index (χ0) is 14.4. The summed E-state index contributed by atoms with van der Waals surface area (Å²) in [4.78, 5) is 23.5. The van der Waals surface area contributed by atoms with Crippen LogP contribution in [0, 0.1) is 0 Å². The zero-order valence-corrected chi connectivity index (χ0v) is 12.3. The molecule has 0 heterocycles. The van der Waals surface area contributed by atoms with Crippen LogP contribution in [-0.4, -0.2) is 28.8 Å². The molecule has 0 spiro atoms. The molecular weight excluding hydrogens is 286 g/mol. The number of hydrogen-bond acceptors (Lipinski definition) is 3. The maximum Gasteiger partial charge on any atom is 0.305 e. The quantitative estimate of drug-likeness (QED) is 0.793. The minimum absolute atomic E-state index is 0.109. The summed E-state index contributed by atoms with van der Waals surface area (Å²) in [5.74, 6) is -0.402. The highest BCUT2D eigenvalue weighted by Crippen LogP contribution is 2.25. The first-order valence-electron chi connectivity index (χ1n) is 5.89. The number of hydrogen-bond donors (Lipinski definition) is 2. The highest BCUT2D eigenvalue weighted by Gasteiger charge is 2.16. The van der Waals surface area contributed by atoms with Gasteiger partial charge in [0.1, 0.15) is 0 Å². The molecule has 6 heteroatoms. The summed E-state index contributed by atoms with van der Waals surface area (Å²) in [5.41, 5.74) is 0.483. The third-order valence-corrected chi connectivity index (χ3v) is 3.54. The number of rotatable bonds is 6. The minimum atomic E-state index is -0.943. The van der Waals surface area contributed by atoms with Crippen molar-refractivity contribution in [3.63, 3.8) is 0 Å². The molecule has 0 aromatic heterocycles. The summed E-state index contributed by atoms with van der Waals surface area (Å²) >= 11 is 7.44. The summed E-state index contributed by atoms with van der Waals surface area (Å²) in [6.07, 6.45) is -0.109. The van der Waals surface area contributed by atoms with Crippen molar-refractivity contribution in [3.8, 4) is 0 Å². The molecule has 0 radical (unpaired) electrons. The standard InChI is InChI=1S/C13H16ClNO3S/c1-3-19-11-5-4-9(14)7-10(11)13(18)15-8(2)6-12(16)17/h4-5,7-8H,3,6H2,1-2H3,(H,15,18)(H,16,17). The second-order valence-electron chi connectivity index (χ2n) is 4.05. The smallest absolute Gasteiger partial charge is 0.305 e. The van der Waals surface area contributed by atoms with Gasteiger partial charge in [0.05, 0.1) is 12.0 Å². The van der Waals surface area contributed by atoms with Gasteiger partial charge in [0.25, 0.3) is 5.91 Å². The molecule has 0 bridgehead atoms. The molecule has 1 amide bonds. The Morgan fingerprint density at radius 1 is 1.47 bits per heavy atom. The van der Waals surface area contributed by atoms with E-state index >= 15 is 0 Å².